The third-order valence-corrected chi connectivity index (χ3v) is 2.50. The van der Waals surface area contributed by atoms with Crippen LogP contribution >= 0.6 is 0 Å². The number of hydrogen-bond acceptors (Lipinski definition) is 3. The lowest BCUT2D eigenvalue weighted by Gasteiger charge is -2.05. The SMILES string of the molecule is C#CCCCCNc1cnc2ccccc2n1. The second kappa shape index (κ2) is 5.86. The highest BCUT2D eigenvalue weighted by molar-refractivity contribution is 5.75. The van der Waals surface area contributed by atoms with E-state index >= 15 is 0 Å². The number of rotatable bonds is 5. The van der Waals surface area contributed by atoms with E-state index in [1.807, 2.05) is 24.3 Å². The Balaban J connectivity index is 1.93. The van der Waals surface area contributed by atoms with E-state index in [2.05, 4.69) is 21.2 Å². The first-order valence-electron chi connectivity index (χ1n) is 5.79. The minimum atomic E-state index is 0.824. The second-order valence-electron chi connectivity index (χ2n) is 3.83. The normalized spacial score (nSPS) is 10.1. The Kier molecular flexibility index (Phi) is 3.93. The van der Waals surface area contributed by atoms with E-state index < -0.39 is 0 Å². The zero-order valence-corrected chi connectivity index (χ0v) is 9.69. The van der Waals surface area contributed by atoms with Crippen LogP contribution in [0.2, 0.25) is 0 Å². The Morgan fingerprint density at radius 1 is 1.18 bits per heavy atom. The van der Waals surface area contributed by atoms with Crippen LogP contribution in [0.3, 0.4) is 0 Å². The van der Waals surface area contributed by atoms with Gasteiger partial charge < -0.3 is 5.32 Å². The van der Waals surface area contributed by atoms with Crippen LogP contribution in [-0.2, 0) is 0 Å². The van der Waals surface area contributed by atoms with Crippen LogP contribution in [0.15, 0.2) is 30.5 Å². The molecule has 2 rings (SSSR count). The molecular formula is C14H15N3. The van der Waals surface area contributed by atoms with Crippen LogP contribution in [0.5, 0.6) is 0 Å². The number of para-hydroxylation sites is 2. The predicted octanol–water partition coefficient (Wildman–Crippen LogP) is 2.85. The van der Waals surface area contributed by atoms with Gasteiger partial charge in [-0.2, -0.15) is 0 Å². The number of nitrogens with zero attached hydrogens (tertiary/aromatic N) is 2. The van der Waals surface area contributed by atoms with Gasteiger partial charge in [0.2, 0.25) is 0 Å². The molecule has 1 N–H and O–H groups in total. The van der Waals surface area contributed by atoms with Crippen molar-refractivity contribution in [1.82, 2.24) is 9.97 Å². The average Bonchev–Trinajstić information content (AvgIpc) is 2.38. The summed E-state index contributed by atoms with van der Waals surface area (Å²) in [5, 5.41) is 3.25. The van der Waals surface area contributed by atoms with Gasteiger partial charge in [0.25, 0.3) is 0 Å². The van der Waals surface area contributed by atoms with Gasteiger partial charge in [0.15, 0.2) is 0 Å². The minimum absolute atomic E-state index is 0.824. The van der Waals surface area contributed by atoms with Crippen molar-refractivity contribution < 1.29 is 0 Å². The van der Waals surface area contributed by atoms with Gasteiger partial charge in [-0.15, -0.1) is 12.3 Å². The first-order valence-corrected chi connectivity index (χ1v) is 5.79. The van der Waals surface area contributed by atoms with Gasteiger partial charge in [0, 0.05) is 13.0 Å². The van der Waals surface area contributed by atoms with E-state index in [1.165, 1.54) is 0 Å². The number of benzene rings is 1. The van der Waals surface area contributed by atoms with Crippen molar-refractivity contribution in [3.8, 4) is 12.3 Å². The van der Waals surface area contributed by atoms with E-state index in [0.29, 0.717) is 0 Å². The topological polar surface area (TPSA) is 37.8 Å². The molecule has 0 fully saturated rings. The Morgan fingerprint density at radius 3 is 2.82 bits per heavy atom. The third-order valence-electron chi connectivity index (χ3n) is 2.50. The van der Waals surface area contributed by atoms with Gasteiger partial charge in [-0.25, -0.2) is 4.98 Å². The Labute approximate surface area is 101 Å². The molecule has 1 aromatic carbocycles. The number of anilines is 1. The van der Waals surface area contributed by atoms with Crippen molar-refractivity contribution in [3.05, 3.63) is 30.5 Å². The Bertz CT molecular complexity index is 528. The molecule has 3 nitrogen and oxygen atoms in total. The molecular weight excluding hydrogens is 210 g/mol. The maximum Gasteiger partial charge on any atom is 0.145 e. The number of aromatic nitrogens is 2. The van der Waals surface area contributed by atoms with Crippen LogP contribution in [0.4, 0.5) is 5.82 Å². The molecule has 0 aliphatic carbocycles. The quantitative estimate of drug-likeness (QED) is 0.628. The molecule has 0 spiro atoms. The fourth-order valence-corrected chi connectivity index (χ4v) is 1.61. The van der Waals surface area contributed by atoms with Crippen molar-refractivity contribution in [2.45, 2.75) is 19.3 Å². The van der Waals surface area contributed by atoms with E-state index in [0.717, 1.165) is 42.7 Å². The zero-order chi connectivity index (χ0) is 11.9. The monoisotopic (exact) mass is 225 g/mol. The number of terminal acetylenes is 1. The first kappa shape index (κ1) is 11.4. The standard InChI is InChI=1S/C14H15N3/c1-2-3-4-7-10-15-14-11-16-12-8-5-6-9-13(12)17-14/h1,5-6,8-9,11H,3-4,7,10H2,(H,15,17). The fourth-order valence-electron chi connectivity index (χ4n) is 1.61. The van der Waals surface area contributed by atoms with Gasteiger partial charge in [-0.05, 0) is 25.0 Å². The summed E-state index contributed by atoms with van der Waals surface area (Å²) in [7, 11) is 0. The molecule has 0 aliphatic heterocycles. The third kappa shape index (κ3) is 3.18. The van der Waals surface area contributed by atoms with Crippen LogP contribution < -0.4 is 5.32 Å². The van der Waals surface area contributed by atoms with Crippen molar-refractivity contribution in [2.24, 2.45) is 0 Å². The predicted molar refractivity (Wildman–Crippen MR) is 70.7 cm³/mol. The van der Waals surface area contributed by atoms with Crippen molar-refractivity contribution in [3.63, 3.8) is 0 Å². The summed E-state index contributed by atoms with van der Waals surface area (Å²) >= 11 is 0. The summed E-state index contributed by atoms with van der Waals surface area (Å²) in [5.74, 6) is 3.46. The molecule has 3 heteroatoms. The number of nitrogens with one attached hydrogen (secondary N) is 1. The highest BCUT2D eigenvalue weighted by atomic mass is 15.0. The number of unbranched alkanes of at least 4 members (excludes halogenated alkanes) is 2. The summed E-state index contributed by atoms with van der Waals surface area (Å²) in [5.41, 5.74) is 1.84. The smallest absolute Gasteiger partial charge is 0.145 e. The molecule has 0 atom stereocenters. The van der Waals surface area contributed by atoms with Gasteiger partial charge in [-0.1, -0.05) is 12.1 Å². The lowest BCUT2D eigenvalue weighted by Crippen LogP contribution is -2.03. The van der Waals surface area contributed by atoms with Crippen molar-refractivity contribution in [2.75, 3.05) is 11.9 Å². The maximum atomic E-state index is 5.19. The molecule has 1 aromatic heterocycles. The summed E-state index contributed by atoms with van der Waals surface area (Å²) < 4.78 is 0. The summed E-state index contributed by atoms with van der Waals surface area (Å²) in [6.45, 7) is 0.884. The average molecular weight is 225 g/mol. The molecule has 2 aromatic rings. The molecule has 0 aliphatic rings. The van der Waals surface area contributed by atoms with Crippen molar-refractivity contribution in [1.29, 1.82) is 0 Å². The molecule has 0 amide bonds. The molecule has 1 heterocycles. The van der Waals surface area contributed by atoms with Crippen LogP contribution in [0.25, 0.3) is 11.0 Å². The maximum absolute atomic E-state index is 5.19. The van der Waals surface area contributed by atoms with Gasteiger partial charge in [0.1, 0.15) is 5.82 Å². The summed E-state index contributed by atoms with van der Waals surface area (Å²) in [6.07, 6.45) is 9.90. The second-order valence-corrected chi connectivity index (χ2v) is 3.83. The number of fused-ring (bicyclic) bond motifs is 1. The highest BCUT2D eigenvalue weighted by Crippen LogP contribution is 2.11. The van der Waals surface area contributed by atoms with Crippen LogP contribution in [-0.4, -0.2) is 16.5 Å². The lowest BCUT2D eigenvalue weighted by atomic mass is 10.2. The van der Waals surface area contributed by atoms with Gasteiger partial charge in [0.05, 0.1) is 17.2 Å². The Morgan fingerprint density at radius 2 is 2.00 bits per heavy atom. The van der Waals surface area contributed by atoms with E-state index in [4.69, 9.17) is 6.42 Å². The summed E-state index contributed by atoms with van der Waals surface area (Å²) in [4.78, 5) is 8.82. The highest BCUT2D eigenvalue weighted by Gasteiger charge is 1.97. The fraction of sp³-hybridized carbons (Fsp3) is 0.286. The number of hydrogen-bond donors (Lipinski definition) is 1. The van der Waals surface area contributed by atoms with Crippen LogP contribution in [0, 0.1) is 12.3 Å². The van der Waals surface area contributed by atoms with Gasteiger partial charge >= 0.3 is 0 Å². The van der Waals surface area contributed by atoms with Gasteiger partial charge in [-0.3, -0.25) is 4.98 Å². The molecule has 0 bridgehead atoms. The summed E-state index contributed by atoms with van der Waals surface area (Å²) in [6, 6.07) is 7.85. The van der Waals surface area contributed by atoms with E-state index in [-0.39, 0.29) is 0 Å². The lowest BCUT2D eigenvalue weighted by molar-refractivity contribution is 0.787. The zero-order valence-electron chi connectivity index (χ0n) is 9.69. The van der Waals surface area contributed by atoms with E-state index in [1.54, 1.807) is 6.20 Å². The Hall–Kier alpha value is -2.08. The molecule has 0 radical (unpaired) electrons. The van der Waals surface area contributed by atoms with E-state index in [9.17, 15) is 0 Å². The first-order chi connectivity index (χ1) is 8.40. The molecule has 0 saturated heterocycles. The minimum Gasteiger partial charge on any atom is -0.369 e. The molecule has 0 unspecified atom stereocenters. The molecule has 0 saturated carbocycles. The largest absolute Gasteiger partial charge is 0.369 e. The molecule has 86 valence electrons. The van der Waals surface area contributed by atoms with Crippen LogP contribution in [0.1, 0.15) is 19.3 Å². The van der Waals surface area contributed by atoms with Crippen molar-refractivity contribution >= 4 is 16.9 Å². The molecule has 17 heavy (non-hydrogen) atoms.